The molecule has 244 valence electrons. The molecule has 0 amide bonds. The zero-order valence-corrected chi connectivity index (χ0v) is 29.5. The lowest BCUT2D eigenvalue weighted by Crippen LogP contribution is -2.12. The highest BCUT2D eigenvalue weighted by Crippen LogP contribution is 2.41. The van der Waals surface area contributed by atoms with Gasteiger partial charge in [0.15, 0.2) is 0 Å². The molecule has 9 rings (SSSR count). The van der Waals surface area contributed by atoms with Gasteiger partial charge in [-0.25, -0.2) is 4.98 Å². The molecule has 4 aromatic heterocycles. The zero-order valence-electron chi connectivity index (χ0n) is 29.5. The van der Waals surface area contributed by atoms with E-state index in [1.165, 1.54) is 49.0 Å². The van der Waals surface area contributed by atoms with Crippen LogP contribution in [0, 0.1) is 0 Å². The number of fused-ring (bicyclic) bond motifs is 8. The third kappa shape index (κ3) is 4.74. The minimum Gasteiger partial charge on any atom is -0.309 e. The summed E-state index contributed by atoms with van der Waals surface area (Å²) >= 11 is 0. The van der Waals surface area contributed by atoms with Gasteiger partial charge in [-0.05, 0) is 87.3 Å². The molecule has 0 atom stereocenters. The average Bonchev–Trinajstić information content (AvgIpc) is 3.63. The molecule has 0 unspecified atom stereocenters. The number of benzene rings is 5. The van der Waals surface area contributed by atoms with E-state index in [0.29, 0.717) is 0 Å². The maximum absolute atomic E-state index is 4.94. The number of nitrogens with zero attached hydrogens (tertiary/aromatic N) is 4. The molecular weight excluding hydrogens is 609 g/mol. The van der Waals surface area contributed by atoms with Crippen molar-refractivity contribution in [2.75, 3.05) is 0 Å². The summed E-state index contributed by atoms with van der Waals surface area (Å²) in [5.41, 5.74) is 10.4. The van der Waals surface area contributed by atoms with Crippen LogP contribution in [0.1, 0.15) is 52.7 Å². The first-order valence-electron chi connectivity index (χ1n) is 17.5. The van der Waals surface area contributed by atoms with Crippen LogP contribution in [0.25, 0.3) is 77.1 Å². The molecule has 4 nitrogen and oxygen atoms in total. The summed E-state index contributed by atoms with van der Waals surface area (Å²) in [6, 6.07) is 44.4. The zero-order chi connectivity index (χ0) is 34.4. The lowest BCUT2D eigenvalue weighted by atomic mass is 9.87. The Morgan fingerprint density at radius 3 is 1.92 bits per heavy atom. The van der Waals surface area contributed by atoms with Crippen molar-refractivity contribution in [3.05, 3.63) is 145 Å². The Morgan fingerprint density at radius 1 is 0.460 bits per heavy atom. The first-order valence-corrected chi connectivity index (χ1v) is 17.5. The first-order chi connectivity index (χ1) is 24.1. The summed E-state index contributed by atoms with van der Waals surface area (Å²) in [4.78, 5) is 9.79. The Balaban J connectivity index is 1.35. The topological polar surface area (TPSA) is 35.6 Å². The van der Waals surface area contributed by atoms with Gasteiger partial charge in [0.25, 0.3) is 0 Å². The molecule has 4 heterocycles. The monoisotopic (exact) mass is 648 g/mol. The maximum atomic E-state index is 4.94. The Morgan fingerprint density at radius 2 is 1.12 bits per heavy atom. The molecule has 0 fully saturated rings. The molecule has 0 aliphatic rings. The normalized spacial score (nSPS) is 12.6. The van der Waals surface area contributed by atoms with Crippen molar-refractivity contribution in [2.45, 2.75) is 52.4 Å². The van der Waals surface area contributed by atoms with Gasteiger partial charge in [-0.1, -0.05) is 108 Å². The molecule has 5 aromatic carbocycles. The lowest BCUT2D eigenvalue weighted by Gasteiger charge is -2.20. The Labute approximate surface area is 292 Å². The van der Waals surface area contributed by atoms with Crippen molar-refractivity contribution in [3.8, 4) is 22.8 Å². The Kier molecular flexibility index (Phi) is 6.60. The van der Waals surface area contributed by atoms with Gasteiger partial charge in [-0.3, -0.25) is 9.55 Å². The van der Waals surface area contributed by atoms with Crippen LogP contribution >= 0.6 is 0 Å². The van der Waals surface area contributed by atoms with Gasteiger partial charge in [0, 0.05) is 45.2 Å². The fourth-order valence-electron chi connectivity index (χ4n) is 7.63. The number of rotatable bonds is 3. The first kappa shape index (κ1) is 30.3. The van der Waals surface area contributed by atoms with E-state index in [9.17, 15) is 0 Å². The van der Waals surface area contributed by atoms with E-state index in [-0.39, 0.29) is 10.8 Å². The summed E-state index contributed by atoms with van der Waals surface area (Å²) < 4.78 is 4.77. The summed E-state index contributed by atoms with van der Waals surface area (Å²) in [6.45, 7) is 13.5. The van der Waals surface area contributed by atoms with Crippen LogP contribution in [0.15, 0.2) is 134 Å². The van der Waals surface area contributed by atoms with E-state index in [0.717, 1.165) is 39.3 Å². The molecule has 0 N–H and O–H groups in total. The fourth-order valence-corrected chi connectivity index (χ4v) is 7.63. The summed E-state index contributed by atoms with van der Waals surface area (Å²) in [5, 5.41) is 7.42. The van der Waals surface area contributed by atoms with E-state index < -0.39 is 0 Å². The Bertz CT molecular complexity index is 2780. The number of pyridine rings is 2. The predicted molar refractivity (Wildman–Crippen MR) is 211 cm³/mol. The number of para-hydroxylation sites is 1. The third-order valence-corrected chi connectivity index (χ3v) is 10.3. The van der Waals surface area contributed by atoms with Crippen LogP contribution in [0.3, 0.4) is 0 Å². The van der Waals surface area contributed by atoms with Gasteiger partial charge >= 0.3 is 0 Å². The molecule has 0 saturated heterocycles. The van der Waals surface area contributed by atoms with Crippen LogP contribution in [-0.2, 0) is 10.8 Å². The van der Waals surface area contributed by atoms with Gasteiger partial charge in [0.1, 0.15) is 5.82 Å². The number of hydrogen-bond acceptors (Lipinski definition) is 2. The summed E-state index contributed by atoms with van der Waals surface area (Å²) in [6.07, 6.45) is 3.89. The molecule has 0 radical (unpaired) electrons. The molecule has 0 aliphatic carbocycles. The highest BCUT2D eigenvalue weighted by atomic mass is 15.1. The molecule has 50 heavy (non-hydrogen) atoms. The molecular formula is C46H40N4. The molecule has 9 aromatic rings. The largest absolute Gasteiger partial charge is 0.309 e. The van der Waals surface area contributed by atoms with E-state index in [1.807, 2.05) is 12.4 Å². The van der Waals surface area contributed by atoms with Gasteiger partial charge in [-0.2, -0.15) is 0 Å². The van der Waals surface area contributed by atoms with E-state index in [2.05, 4.69) is 172 Å². The van der Waals surface area contributed by atoms with E-state index >= 15 is 0 Å². The molecule has 4 heteroatoms. The highest BCUT2D eigenvalue weighted by molar-refractivity contribution is 6.22. The van der Waals surface area contributed by atoms with Gasteiger partial charge in [-0.15, -0.1) is 0 Å². The minimum absolute atomic E-state index is 0.00627. The van der Waals surface area contributed by atoms with Crippen molar-refractivity contribution in [2.24, 2.45) is 0 Å². The number of hydrogen-bond donors (Lipinski definition) is 0. The van der Waals surface area contributed by atoms with Crippen LogP contribution in [-0.4, -0.2) is 19.1 Å². The second-order valence-electron chi connectivity index (χ2n) is 15.6. The van der Waals surface area contributed by atoms with E-state index in [4.69, 9.17) is 9.97 Å². The average molecular weight is 649 g/mol. The van der Waals surface area contributed by atoms with Gasteiger partial charge < -0.3 is 4.57 Å². The van der Waals surface area contributed by atoms with Crippen LogP contribution in [0.2, 0.25) is 0 Å². The van der Waals surface area contributed by atoms with Crippen molar-refractivity contribution in [1.29, 1.82) is 0 Å². The third-order valence-electron chi connectivity index (χ3n) is 10.3. The molecule has 0 spiro atoms. The van der Waals surface area contributed by atoms with Gasteiger partial charge in [0.2, 0.25) is 0 Å². The smallest absolute Gasteiger partial charge is 0.137 e. The van der Waals surface area contributed by atoms with Crippen molar-refractivity contribution in [1.82, 2.24) is 19.1 Å². The van der Waals surface area contributed by atoms with Crippen LogP contribution in [0.5, 0.6) is 0 Å². The fraction of sp³-hybridized carbons (Fsp3) is 0.174. The summed E-state index contributed by atoms with van der Waals surface area (Å²) in [7, 11) is 0. The maximum Gasteiger partial charge on any atom is 0.137 e. The van der Waals surface area contributed by atoms with E-state index in [1.54, 1.807) is 0 Å². The minimum atomic E-state index is 0.00627. The SMILES string of the molecule is CC(C)(C)c1ccnc(-c2ccc3c4c5ccccc5ccc4n(-c4ccc5c6ccccc6n(-c6cc(C(C)(C)C)ccn6)c5c4)c3c2)c1. The molecule has 0 saturated carbocycles. The standard InChI is InChI=1S/C46H40N4/c1-45(2,3)31-21-23-47-38(26-31)30-15-18-37-41(25-30)49(40-20-16-29-11-7-8-12-34(29)44(37)40)33-17-19-36-35-13-9-10-14-39(35)50(42(36)28-33)43-27-32(22-24-48-43)46(4,5)6/h7-28H,1-6H3. The quantitative estimate of drug-likeness (QED) is 0.191. The van der Waals surface area contributed by atoms with Crippen LogP contribution < -0.4 is 0 Å². The predicted octanol–water partition coefficient (Wildman–Crippen LogP) is 12.1. The van der Waals surface area contributed by atoms with Crippen molar-refractivity contribution >= 4 is 54.4 Å². The molecule has 0 bridgehead atoms. The van der Waals surface area contributed by atoms with Crippen molar-refractivity contribution < 1.29 is 0 Å². The number of aromatic nitrogens is 4. The van der Waals surface area contributed by atoms with Crippen LogP contribution in [0.4, 0.5) is 0 Å². The Hall–Kier alpha value is -5.74. The van der Waals surface area contributed by atoms with Gasteiger partial charge in [0.05, 0.1) is 27.8 Å². The second-order valence-corrected chi connectivity index (χ2v) is 15.6. The lowest BCUT2D eigenvalue weighted by molar-refractivity contribution is 0.588. The highest BCUT2D eigenvalue weighted by Gasteiger charge is 2.21. The van der Waals surface area contributed by atoms with Crippen molar-refractivity contribution in [3.63, 3.8) is 0 Å². The molecule has 0 aliphatic heterocycles. The summed E-state index contributed by atoms with van der Waals surface area (Å²) in [5.74, 6) is 0.932. The second kappa shape index (κ2) is 10.9.